The van der Waals surface area contributed by atoms with E-state index in [0.717, 1.165) is 30.5 Å². The normalized spacial score (nSPS) is 28.2. The highest BCUT2D eigenvalue weighted by Crippen LogP contribution is 2.29. The number of nitrogens with one attached hydrogen (secondary N) is 1. The molecular weight excluding hydrogens is 248 g/mol. The van der Waals surface area contributed by atoms with Gasteiger partial charge in [0.05, 0.1) is 0 Å². The van der Waals surface area contributed by atoms with Crippen LogP contribution in [0, 0.1) is 17.8 Å². The molecule has 3 nitrogen and oxygen atoms in total. The molecule has 2 rings (SSSR count). The summed E-state index contributed by atoms with van der Waals surface area (Å²) in [6.07, 6.45) is 6.63. The Kier molecular flexibility index (Phi) is 5.99. The number of pyridine rings is 1. The second-order valence-corrected chi connectivity index (χ2v) is 6.36. The van der Waals surface area contributed by atoms with Crippen LogP contribution >= 0.6 is 0 Å². The molecule has 0 unspecified atom stereocenters. The predicted molar refractivity (Wildman–Crippen MR) is 82.5 cm³/mol. The molecule has 1 fully saturated rings. The monoisotopic (exact) mass is 276 g/mol. The summed E-state index contributed by atoms with van der Waals surface area (Å²) in [6.45, 7) is 5.82. The van der Waals surface area contributed by atoms with Crippen LogP contribution in [0.4, 0.5) is 0 Å². The Bertz CT molecular complexity index is 382. The third-order valence-corrected chi connectivity index (χ3v) is 4.86. The van der Waals surface area contributed by atoms with Gasteiger partial charge in [-0.1, -0.05) is 32.8 Å². The Labute approximate surface area is 122 Å². The number of aliphatic hydroxyl groups is 1. The average molecular weight is 276 g/mol. The third kappa shape index (κ3) is 4.29. The fourth-order valence-electron chi connectivity index (χ4n) is 3.20. The topological polar surface area (TPSA) is 45.1 Å². The molecule has 4 atom stereocenters. The molecule has 0 radical (unpaired) electrons. The van der Waals surface area contributed by atoms with Crippen LogP contribution in [0.15, 0.2) is 24.4 Å². The summed E-state index contributed by atoms with van der Waals surface area (Å²) in [4.78, 5) is 4.35. The van der Waals surface area contributed by atoms with E-state index < -0.39 is 0 Å². The molecule has 3 heteroatoms. The number of nitrogens with zero attached hydrogens (tertiary/aromatic N) is 1. The van der Waals surface area contributed by atoms with Crippen LogP contribution in [0.5, 0.6) is 0 Å². The highest BCUT2D eigenvalue weighted by atomic mass is 16.3. The van der Waals surface area contributed by atoms with E-state index >= 15 is 0 Å². The van der Waals surface area contributed by atoms with E-state index in [1.165, 1.54) is 19.3 Å². The molecule has 0 saturated heterocycles. The second-order valence-electron chi connectivity index (χ2n) is 6.36. The molecule has 0 aromatic carbocycles. The Balaban J connectivity index is 1.81. The van der Waals surface area contributed by atoms with Gasteiger partial charge in [0.25, 0.3) is 0 Å². The highest BCUT2D eigenvalue weighted by Gasteiger charge is 2.27. The summed E-state index contributed by atoms with van der Waals surface area (Å²) in [5.74, 6) is 1.80. The fraction of sp³-hybridized carbons (Fsp3) is 0.706. The SMILES string of the molecule is C[C@@H]1[C@H](C)CCC[C@@H]1NC[C@@H](CO)Cc1ccccn1. The van der Waals surface area contributed by atoms with Crippen molar-refractivity contribution in [1.29, 1.82) is 0 Å². The summed E-state index contributed by atoms with van der Waals surface area (Å²) >= 11 is 0. The summed E-state index contributed by atoms with van der Waals surface area (Å²) in [7, 11) is 0. The molecule has 1 heterocycles. The molecule has 2 N–H and O–H groups in total. The zero-order valence-corrected chi connectivity index (χ0v) is 12.8. The quantitative estimate of drug-likeness (QED) is 0.839. The maximum atomic E-state index is 9.57. The van der Waals surface area contributed by atoms with Gasteiger partial charge in [-0.05, 0) is 42.7 Å². The molecular formula is C17H28N2O. The molecule has 112 valence electrons. The number of hydrogen-bond donors (Lipinski definition) is 2. The minimum atomic E-state index is 0.222. The number of aromatic nitrogens is 1. The Morgan fingerprint density at radius 2 is 2.20 bits per heavy atom. The first-order valence-electron chi connectivity index (χ1n) is 7.95. The first kappa shape index (κ1) is 15.5. The lowest BCUT2D eigenvalue weighted by Gasteiger charge is -2.35. The first-order chi connectivity index (χ1) is 9.70. The summed E-state index contributed by atoms with van der Waals surface area (Å²) in [5.41, 5.74) is 1.07. The van der Waals surface area contributed by atoms with E-state index in [-0.39, 0.29) is 12.5 Å². The molecule has 1 aromatic rings. The van der Waals surface area contributed by atoms with Gasteiger partial charge in [0.15, 0.2) is 0 Å². The predicted octanol–water partition coefficient (Wildman–Crippen LogP) is 2.65. The lowest BCUT2D eigenvalue weighted by Crippen LogP contribution is -2.43. The van der Waals surface area contributed by atoms with Gasteiger partial charge in [-0.2, -0.15) is 0 Å². The van der Waals surface area contributed by atoms with E-state index in [0.29, 0.717) is 6.04 Å². The molecule has 0 amide bonds. The van der Waals surface area contributed by atoms with Crippen LogP contribution in [0.3, 0.4) is 0 Å². The molecule has 1 saturated carbocycles. The van der Waals surface area contributed by atoms with Gasteiger partial charge in [-0.3, -0.25) is 4.98 Å². The molecule has 0 bridgehead atoms. The van der Waals surface area contributed by atoms with Crippen molar-refractivity contribution in [2.75, 3.05) is 13.2 Å². The molecule has 0 aliphatic heterocycles. The maximum Gasteiger partial charge on any atom is 0.0475 e. The second kappa shape index (κ2) is 7.75. The van der Waals surface area contributed by atoms with Crippen molar-refractivity contribution < 1.29 is 5.11 Å². The standard InChI is InChI=1S/C17H28N2O/c1-13-6-5-8-17(14(13)2)19-11-15(12-20)10-16-7-3-4-9-18-16/h3-4,7,9,13-15,17,19-20H,5-6,8,10-12H2,1-2H3/t13-,14-,15+,17+/m1/s1. The summed E-state index contributed by atoms with van der Waals surface area (Å²) < 4.78 is 0. The lowest BCUT2D eigenvalue weighted by atomic mass is 9.78. The lowest BCUT2D eigenvalue weighted by molar-refractivity contribution is 0.178. The van der Waals surface area contributed by atoms with Crippen molar-refractivity contribution in [2.24, 2.45) is 17.8 Å². The molecule has 1 aromatic heterocycles. The maximum absolute atomic E-state index is 9.57. The van der Waals surface area contributed by atoms with Gasteiger partial charge in [0, 0.05) is 31.1 Å². The van der Waals surface area contributed by atoms with Crippen molar-refractivity contribution >= 4 is 0 Å². The van der Waals surface area contributed by atoms with Crippen LogP contribution in [-0.4, -0.2) is 29.3 Å². The molecule has 0 spiro atoms. The number of aliphatic hydroxyl groups excluding tert-OH is 1. The zero-order valence-electron chi connectivity index (χ0n) is 12.8. The van der Waals surface area contributed by atoms with Gasteiger partial charge in [0.1, 0.15) is 0 Å². The largest absolute Gasteiger partial charge is 0.396 e. The van der Waals surface area contributed by atoms with Crippen LogP contribution in [0.2, 0.25) is 0 Å². The van der Waals surface area contributed by atoms with E-state index in [1.54, 1.807) is 0 Å². The van der Waals surface area contributed by atoms with Crippen molar-refractivity contribution in [3.05, 3.63) is 30.1 Å². The van der Waals surface area contributed by atoms with Gasteiger partial charge in [-0.25, -0.2) is 0 Å². The van der Waals surface area contributed by atoms with Gasteiger partial charge < -0.3 is 10.4 Å². The minimum Gasteiger partial charge on any atom is -0.396 e. The van der Waals surface area contributed by atoms with Gasteiger partial charge in [-0.15, -0.1) is 0 Å². The van der Waals surface area contributed by atoms with E-state index in [1.807, 2.05) is 24.4 Å². The van der Waals surface area contributed by atoms with Gasteiger partial charge in [0.2, 0.25) is 0 Å². The van der Waals surface area contributed by atoms with E-state index in [2.05, 4.69) is 24.1 Å². The molecule has 20 heavy (non-hydrogen) atoms. The van der Waals surface area contributed by atoms with Crippen molar-refractivity contribution in [1.82, 2.24) is 10.3 Å². The highest BCUT2D eigenvalue weighted by molar-refractivity contribution is 5.04. The Morgan fingerprint density at radius 3 is 2.90 bits per heavy atom. The van der Waals surface area contributed by atoms with E-state index in [9.17, 15) is 5.11 Å². The van der Waals surface area contributed by atoms with Crippen molar-refractivity contribution in [3.63, 3.8) is 0 Å². The van der Waals surface area contributed by atoms with Crippen molar-refractivity contribution in [2.45, 2.75) is 45.6 Å². The molecule has 1 aliphatic rings. The smallest absolute Gasteiger partial charge is 0.0475 e. The number of rotatable bonds is 6. The molecule has 1 aliphatic carbocycles. The third-order valence-electron chi connectivity index (χ3n) is 4.86. The fourth-order valence-corrected chi connectivity index (χ4v) is 3.20. The number of hydrogen-bond acceptors (Lipinski definition) is 3. The van der Waals surface area contributed by atoms with Gasteiger partial charge >= 0.3 is 0 Å². The minimum absolute atomic E-state index is 0.222. The Hall–Kier alpha value is -0.930. The van der Waals surface area contributed by atoms with Crippen LogP contribution in [-0.2, 0) is 6.42 Å². The first-order valence-corrected chi connectivity index (χ1v) is 7.95. The summed E-state index contributed by atoms with van der Waals surface area (Å²) in [6, 6.07) is 6.58. The zero-order chi connectivity index (χ0) is 14.4. The summed E-state index contributed by atoms with van der Waals surface area (Å²) in [5, 5.41) is 13.3. The van der Waals surface area contributed by atoms with Crippen LogP contribution in [0.1, 0.15) is 38.8 Å². The van der Waals surface area contributed by atoms with Crippen LogP contribution < -0.4 is 5.32 Å². The van der Waals surface area contributed by atoms with Crippen molar-refractivity contribution in [3.8, 4) is 0 Å². The van der Waals surface area contributed by atoms with E-state index in [4.69, 9.17) is 0 Å². The van der Waals surface area contributed by atoms with Crippen LogP contribution in [0.25, 0.3) is 0 Å². The average Bonchev–Trinajstić information content (AvgIpc) is 2.48. The Morgan fingerprint density at radius 1 is 1.35 bits per heavy atom.